The van der Waals surface area contributed by atoms with Gasteiger partial charge in [0.1, 0.15) is 0 Å². The predicted octanol–water partition coefficient (Wildman–Crippen LogP) is 3.82. The third-order valence-electron chi connectivity index (χ3n) is 2.49. The third-order valence-corrected chi connectivity index (χ3v) is 4.74. The summed E-state index contributed by atoms with van der Waals surface area (Å²) >= 11 is 11.3. The Labute approximate surface area is 118 Å². The van der Waals surface area contributed by atoms with Crippen LogP contribution in [0.5, 0.6) is 0 Å². The van der Waals surface area contributed by atoms with Gasteiger partial charge in [-0.3, -0.25) is 4.68 Å². The van der Waals surface area contributed by atoms with Crippen LogP contribution in [0.3, 0.4) is 0 Å². The molecule has 17 heavy (non-hydrogen) atoms. The molecule has 1 atom stereocenters. The summed E-state index contributed by atoms with van der Waals surface area (Å²) in [6.45, 7) is 2.94. The average molecular weight is 335 g/mol. The van der Waals surface area contributed by atoms with Crippen LogP contribution in [0.4, 0.5) is 0 Å². The maximum absolute atomic E-state index is 6.27. The van der Waals surface area contributed by atoms with E-state index in [1.165, 1.54) is 0 Å². The van der Waals surface area contributed by atoms with Crippen LogP contribution >= 0.6 is 38.9 Å². The van der Waals surface area contributed by atoms with Crippen molar-refractivity contribution in [1.29, 1.82) is 0 Å². The highest BCUT2D eigenvalue weighted by molar-refractivity contribution is 9.10. The second-order valence-electron chi connectivity index (χ2n) is 3.71. The Morgan fingerprint density at radius 2 is 2.41 bits per heavy atom. The zero-order valence-corrected chi connectivity index (χ0v) is 12.5. The lowest BCUT2D eigenvalue weighted by Crippen LogP contribution is -2.17. The number of hydrogen-bond donors (Lipinski definition) is 1. The van der Waals surface area contributed by atoms with E-state index in [0.29, 0.717) is 5.02 Å². The van der Waals surface area contributed by atoms with Crippen LogP contribution < -0.4 is 5.73 Å². The lowest BCUT2D eigenvalue weighted by Gasteiger charge is -2.14. The molecule has 2 heterocycles. The molecular formula is C11H13BrClN3S. The lowest BCUT2D eigenvalue weighted by molar-refractivity contribution is 0.561. The second kappa shape index (κ2) is 5.52. The van der Waals surface area contributed by atoms with Crippen molar-refractivity contribution in [2.45, 2.75) is 25.9 Å². The molecule has 0 aliphatic carbocycles. The molecule has 0 aliphatic rings. The molecule has 0 saturated heterocycles. The minimum absolute atomic E-state index is 0.231. The van der Waals surface area contributed by atoms with E-state index < -0.39 is 0 Å². The molecule has 92 valence electrons. The smallest absolute Gasteiger partial charge is 0.0843 e. The topological polar surface area (TPSA) is 43.8 Å². The fourth-order valence-corrected chi connectivity index (χ4v) is 3.61. The monoisotopic (exact) mass is 333 g/mol. The van der Waals surface area contributed by atoms with Gasteiger partial charge in [-0.15, -0.1) is 11.3 Å². The average Bonchev–Trinajstić information content (AvgIpc) is 2.86. The van der Waals surface area contributed by atoms with Gasteiger partial charge in [-0.05, 0) is 33.8 Å². The summed E-state index contributed by atoms with van der Waals surface area (Å²) in [6.07, 6.45) is 2.66. The van der Waals surface area contributed by atoms with Crippen molar-refractivity contribution in [2.24, 2.45) is 5.73 Å². The van der Waals surface area contributed by atoms with Crippen LogP contribution in [-0.2, 0) is 6.54 Å². The maximum atomic E-state index is 6.27. The zero-order chi connectivity index (χ0) is 12.4. The number of hydrogen-bond acceptors (Lipinski definition) is 3. The predicted molar refractivity (Wildman–Crippen MR) is 75.6 cm³/mol. The van der Waals surface area contributed by atoms with Gasteiger partial charge in [0.2, 0.25) is 0 Å². The number of nitrogens with zero attached hydrogens (tertiary/aromatic N) is 2. The van der Waals surface area contributed by atoms with Crippen LogP contribution in [0, 0.1) is 0 Å². The van der Waals surface area contributed by atoms with E-state index in [2.05, 4.69) is 28.0 Å². The molecule has 0 bridgehead atoms. The van der Waals surface area contributed by atoms with Gasteiger partial charge in [0.05, 0.1) is 23.0 Å². The van der Waals surface area contributed by atoms with Gasteiger partial charge in [0.15, 0.2) is 0 Å². The lowest BCUT2D eigenvalue weighted by atomic mass is 10.2. The van der Waals surface area contributed by atoms with Crippen LogP contribution in [0.1, 0.15) is 30.0 Å². The van der Waals surface area contributed by atoms with E-state index >= 15 is 0 Å². The Morgan fingerprint density at radius 3 is 3.00 bits per heavy atom. The second-order valence-corrected chi connectivity index (χ2v) is 5.92. The highest BCUT2D eigenvalue weighted by atomic mass is 79.9. The van der Waals surface area contributed by atoms with Crippen molar-refractivity contribution in [3.8, 4) is 0 Å². The summed E-state index contributed by atoms with van der Waals surface area (Å²) < 4.78 is 2.91. The van der Waals surface area contributed by atoms with Crippen LogP contribution in [-0.4, -0.2) is 9.78 Å². The number of nitrogens with two attached hydrogens (primary N) is 1. The molecule has 6 heteroatoms. The Morgan fingerprint density at radius 1 is 1.65 bits per heavy atom. The minimum atomic E-state index is -0.231. The maximum Gasteiger partial charge on any atom is 0.0843 e. The minimum Gasteiger partial charge on any atom is -0.318 e. The van der Waals surface area contributed by atoms with Gasteiger partial charge in [-0.25, -0.2) is 0 Å². The van der Waals surface area contributed by atoms with Gasteiger partial charge in [0.25, 0.3) is 0 Å². The van der Waals surface area contributed by atoms with Crippen molar-refractivity contribution >= 4 is 38.9 Å². The summed E-state index contributed by atoms with van der Waals surface area (Å²) in [6, 6.07) is 1.76. The Hall–Kier alpha value is -0.360. The fraction of sp³-hybridized carbons (Fsp3) is 0.364. The number of aryl methyl sites for hydroxylation is 1. The summed E-state index contributed by atoms with van der Waals surface area (Å²) in [5.41, 5.74) is 7.16. The molecule has 0 amide bonds. The first-order chi connectivity index (χ1) is 8.15. The first kappa shape index (κ1) is 13.1. The molecule has 0 saturated carbocycles. The SMILES string of the molecule is CCCn1ncc(Cl)c1C(N)c1sccc1Br. The number of thiophene rings is 1. The van der Waals surface area contributed by atoms with Gasteiger partial charge in [-0.1, -0.05) is 18.5 Å². The quantitative estimate of drug-likeness (QED) is 0.923. The summed E-state index contributed by atoms with van der Waals surface area (Å²) in [4.78, 5) is 1.07. The van der Waals surface area contributed by atoms with Gasteiger partial charge < -0.3 is 5.73 Å². The van der Waals surface area contributed by atoms with E-state index in [-0.39, 0.29) is 6.04 Å². The van der Waals surface area contributed by atoms with E-state index in [0.717, 1.165) is 28.0 Å². The highest BCUT2D eigenvalue weighted by Gasteiger charge is 2.21. The number of halogens is 2. The first-order valence-corrected chi connectivity index (χ1v) is 7.39. The van der Waals surface area contributed by atoms with E-state index in [9.17, 15) is 0 Å². The van der Waals surface area contributed by atoms with Crippen molar-refractivity contribution in [3.05, 3.63) is 37.7 Å². The molecule has 0 aromatic carbocycles. The van der Waals surface area contributed by atoms with Crippen LogP contribution in [0.15, 0.2) is 22.1 Å². The molecule has 2 aromatic heterocycles. The fourth-order valence-electron chi connectivity index (χ4n) is 1.72. The van der Waals surface area contributed by atoms with Crippen LogP contribution in [0.25, 0.3) is 0 Å². The molecule has 1 unspecified atom stereocenters. The largest absolute Gasteiger partial charge is 0.318 e. The van der Waals surface area contributed by atoms with Crippen molar-refractivity contribution in [1.82, 2.24) is 9.78 Å². The Balaban J connectivity index is 2.39. The highest BCUT2D eigenvalue weighted by Crippen LogP contribution is 2.34. The van der Waals surface area contributed by atoms with Crippen molar-refractivity contribution in [3.63, 3.8) is 0 Å². The van der Waals surface area contributed by atoms with E-state index in [4.69, 9.17) is 17.3 Å². The van der Waals surface area contributed by atoms with Crippen molar-refractivity contribution in [2.75, 3.05) is 0 Å². The molecule has 0 aliphatic heterocycles. The Bertz CT molecular complexity index is 509. The molecule has 2 aromatic rings. The molecule has 0 spiro atoms. The number of rotatable bonds is 4. The molecular weight excluding hydrogens is 322 g/mol. The zero-order valence-electron chi connectivity index (χ0n) is 9.36. The summed E-state index contributed by atoms with van der Waals surface area (Å²) in [5.74, 6) is 0. The van der Waals surface area contributed by atoms with Crippen LogP contribution in [0.2, 0.25) is 5.02 Å². The number of aromatic nitrogens is 2. The van der Waals surface area contributed by atoms with Gasteiger partial charge in [0, 0.05) is 15.9 Å². The van der Waals surface area contributed by atoms with Crippen molar-refractivity contribution < 1.29 is 0 Å². The Kier molecular flexibility index (Phi) is 4.25. The third kappa shape index (κ3) is 2.57. The summed E-state index contributed by atoms with van der Waals surface area (Å²) in [5, 5.41) is 6.90. The molecule has 2 rings (SSSR count). The molecule has 3 nitrogen and oxygen atoms in total. The van der Waals surface area contributed by atoms with Gasteiger partial charge in [-0.2, -0.15) is 5.10 Å². The van der Waals surface area contributed by atoms with E-state index in [1.807, 2.05) is 16.1 Å². The molecule has 0 radical (unpaired) electrons. The molecule has 0 fully saturated rings. The van der Waals surface area contributed by atoms with E-state index in [1.54, 1.807) is 17.5 Å². The standard InChI is InChI=1S/C11H13BrClN3S/c1-2-4-16-10(8(13)6-15-16)9(14)11-7(12)3-5-17-11/h3,5-6,9H,2,4,14H2,1H3. The normalized spacial score (nSPS) is 12.9. The van der Waals surface area contributed by atoms with Gasteiger partial charge >= 0.3 is 0 Å². The first-order valence-electron chi connectivity index (χ1n) is 5.34. The molecule has 2 N–H and O–H groups in total. The summed E-state index contributed by atoms with van der Waals surface area (Å²) in [7, 11) is 0.